The maximum atomic E-state index is 11.6. The van der Waals surface area contributed by atoms with Crippen LogP contribution in [0.1, 0.15) is 65.2 Å². The topological polar surface area (TPSA) is 92.5 Å². The second-order valence-electron chi connectivity index (χ2n) is 9.11. The fourth-order valence-electron chi connectivity index (χ4n) is 4.13. The first kappa shape index (κ1) is 25.8. The summed E-state index contributed by atoms with van der Waals surface area (Å²) in [5.41, 5.74) is 11.7. The molecule has 1 atom stereocenters. The van der Waals surface area contributed by atoms with E-state index < -0.39 is 15.9 Å². The van der Waals surface area contributed by atoms with Crippen molar-refractivity contribution in [1.82, 2.24) is 10.2 Å². The monoisotopic (exact) mass is 451 g/mol. The third kappa shape index (κ3) is 9.71. The molecule has 0 bridgehead atoms. The zero-order valence-corrected chi connectivity index (χ0v) is 20.4. The lowest BCUT2D eigenvalue weighted by Gasteiger charge is -2.24. The summed E-state index contributed by atoms with van der Waals surface area (Å²) < 4.78 is 23.2. The Kier molecular flexibility index (Phi) is 10.5. The van der Waals surface area contributed by atoms with Gasteiger partial charge in [-0.3, -0.25) is 4.79 Å². The Labute approximate surface area is 188 Å². The van der Waals surface area contributed by atoms with Crippen molar-refractivity contribution in [2.75, 3.05) is 38.2 Å². The Morgan fingerprint density at radius 2 is 1.94 bits per heavy atom. The lowest BCUT2D eigenvalue weighted by Crippen LogP contribution is -2.37. The van der Waals surface area contributed by atoms with Crippen LogP contribution in [0.3, 0.4) is 0 Å². The molecule has 1 aliphatic carbocycles. The summed E-state index contributed by atoms with van der Waals surface area (Å²) in [5.74, 6) is 0.119. The van der Waals surface area contributed by atoms with E-state index in [1.54, 1.807) is 0 Å². The average Bonchev–Trinajstić information content (AvgIpc) is 2.71. The van der Waals surface area contributed by atoms with E-state index in [0.717, 1.165) is 45.2 Å². The second-order valence-corrected chi connectivity index (χ2v) is 11.4. The second kappa shape index (κ2) is 12.6. The first-order valence-corrected chi connectivity index (χ1v) is 13.7. The summed E-state index contributed by atoms with van der Waals surface area (Å²) in [5, 5.41) is 3.57. The molecule has 1 aliphatic heterocycles. The van der Waals surface area contributed by atoms with Crippen molar-refractivity contribution in [3.05, 3.63) is 34.6 Å². The molecule has 0 fully saturated rings. The van der Waals surface area contributed by atoms with Crippen molar-refractivity contribution in [1.29, 1.82) is 0 Å². The van der Waals surface area contributed by atoms with Crippen molar-refractivity contribution in [3.8, 4) is 0 Å². The number of rotatable bonds is 12. The van der Waals surface area contributed by atoms with E-state index in [1.807, 2.05) is 0 Å². The lowest BCUT2D eigenvalue weighted by atomic mass is 9.91. The standard InChI is InChI=1S/C24H41N3O3S/c1-19-9-12-24-22(8-6-14-26-24)11-10-21(19)7-4-5-15-27(17-18-31(3,29)30)16-13-23(25)20(2)28/h10-11,23,26H,4-9,12-18,25H2,1-3H3/t23-/m0/s1. The minimum absolute atomic E-state index is 0.0204. The Hall–Kier alpha value is -1.44. The third-order valence-electron chi connectivity index (χ3n) is 6.36. The number of carbonyl (C=O) groups is 1. The van der Waals surface area contributed by atoms with E-state index in [0.29, 0.717) is 19.5 Å². The van der Waals surface area contributed by atoms with Crippen molar-refractivity contribution >= 4 is 15.6 Å². The number of hydrogen-bond acceptors (Lipinski definition) is 6. The van der Waals surface area contributed by atoms with Gasteiger partial charge < -0.3 is 16.0 Å². The molecule has 2 rings (SSSR count). The van der Waals surface area contributed by atoms with Gasteiger partial charge in [-0.05, 0) is 82.9 Å². The Morgan fingerprint density at radius 3 is 2.65 bits per heavy atom. The molecule has 2 aliphatic rings. The van der Waals surface area contributed by atoms with Gasteiger partial charge in [-0.25, -0.2) is 8.42 Å². The molecule has 6 nitrogen and oxygen atoms in total. The van der Waals surface area contributed by atoms with Gasteiger partial charge in [0, 0.05) is 31.6 Å². The van der Waals surface area contributed by atoms with Crippen LogP contribution in [0.2, 0.25) is 0 Å². The number of carbonyl (C=O) groups excluding carboxylic acids is 1. The summed E-state index contributed by atoms with van der Waals surface area (Å²) in [6.45, 7) is 6.82. The predicted octanol–water partition coefficient (Wildman–Crippen LogP) is 3.11. The number of ketones is 1. The number of unbranched alkanes of at least 4 members (excludes halogenated alkanes) is 1. The lowest BCUT2D eigenvalue weighted by molar-refractivity contribution is -0.118. The minimum Gasteiger partial charge on any atom is -0.388 e. The summed E-state index contributed by atoms with van der Waals surface area (Å²) in [4.78, 5) is 13.6. The minimum atomic E-state index is -3.01. The van der Waals surface area contributed by atoms with Gasteiger partial charge in [0.15, 0.2) is 0 Å². The van der Waals surface area contributed by atoms with Gasteiger partial charge in [-0.2, -0.15) is 0 Å². The van der Waals surface area contributed by atoms with E-state index in [2.05, 4.69) is 29.3 Å². The Balaban J connectivity index is 1.86. The molecular weight excluding hydrogens is 410 g/mol. The number of nitrogens with two attached hydrogens (primary N) is 1. The van der Waals surface area contributed by atoms with Crippen molar-refractivity contribution in [3.63, 3.8) is 0 Å². The first-order chi connectivity index (χ1) is 14.7. The maximum Gasteiger partial charge on any atom is 0.148 e. The van der Waals surface area contributed by atoms with Crippen LogP contribution < -0.4 is 11.1 Å². The van der Waals surface area contributed by atoms with Crippen LogP contribution in [0.4, 0.5) is 0 Å². The number of nitrogens with zero attached hydrogens (tertiary/aromatic N) is 1. The van der Waals surface area contributed by atoms with E-state index >= 15 is 0 Å². The molecule has 0 amide bonds. The van der Waals surface area contributed by atoms with E-state index in [9.17, 15) is 13.2 Å². The van der Waals surface area contributed by atoms with E-state index in [-0.39, 0.29) is 11.5 Å². The molecule has 0 unspecified atom stereocenters. The fourth-order valence-corrected chi connectivity index (χ4v) is 4.72. The molecule has 7 heteroatoms. The zero-order valence-electron chi connectivity index (χ0n) is 19.6. The highest BCUT2D eigenvalue weighted by Gasteiger charge is 2.15. The van der Waals surface area contributed by atoms with Crippen molar-refractivity contribution in [2.45, 2.75) is 71.3 Å². The quantitative estimate of drug-likeness (QED) is 0.443. The number of nitrogens with one attached hydrogen (secondary N) is 1. The third-order valence-corrected chi connectivity index (χ3v) is 7.28. The Bertz CT molecular complexity index is 812. The molecule has 31 heavy (non-hydrogen) atoms. The maximum absolute atomic E-state index is 11.6. The summed E-state index contributed by atoms with van der Waals surface area (Å²) in [6, 6.07) is -0.470. The molecule has 3 N–H and O–H groups in total. The predicted molar refractivity (Wildman–Crippen MR) is 129 cm³/mol. The van der Waals surface area contributed by atoms with Gasteiger partial charge in [0.1, 0.15) is 15.6 Å². The largest absolute Gasteiger partial charge is 0.388 e. The normalized spacial score (nSPS) is 18.5. The van der Waals surface area contributed by atoms with Crippen LogP contribution in [0.25, 0.3) is 0 Å². The van der Waals surface area contributed by atoms with Gasteiger partial charge in [0.25, 0.3) is 0 Å². The fraction of sp³-hybridized carbons (Fsp3) is 0.708. The molecule has 0 aromatic carbocycles. The highest BCUT2D eigenvalue weighted by atomic mass is 32.2. The number of hydrogen-bond donors (Lipinski definition) is 2. The molecule has 0 saturated carbocycles. The SMILES string of the molecule is CC(=O)[C@@H](N)CCN(CCCCC1=C(C)CCC2=C(C=C1)CCCN2)CCS(C)(=O)=O. The average molecular weight is 452 g/mol. The molecule has 176 valence electrons. The molecule has 0 radical (unpaired) electrons. The molecule has 0 aromatic rings. The first-order valence-electron chi connectivity index (χ1n) is 11.6. The van der Waals surface area contributed by atoms with Gasteiger partial charge in [0.05, 0.1) is 11.8 Å². The molecule has 1 heterocycles. The van der Waals surface area contributed by atoms with Gasteiger partial charge >= 0.3 is 0 Å². The van der Waals surface area contributed by atoms with Crippen molar-refractivity contribution in [2.24, 2.45) is 5.73 Å². The van der Waals surface area contributed by atoms with E-state index in [1.165, 1.54) is 48.4 Å². The Morgan fingerprint density at radius 1 is 1.16 bits per heavy atom. The molecule has 0 aromatic heterocycles. The van der Waals surface area contributed by atoms with Crippen LogP contribution in [0, 0.1) is 0 Å². The summed E-state index contributed by atoms with van der Waals surface area (Å²) in [7, 11) is -3.01. The highest BCUT2D eigenvalue weighted by molar-refractivity contribution is 7.90. The zero-order chi connectivity index (χ0) is 22.9. The van der Waals surface area contributed by atoms with Gasteiger partial charge in [-0.15, -0.1) is 0 Å². The number of allylic oxidation sites excluding steroid dienone is 6. The summed E-state index contributed by atoms with van der Waals surface area (Å²) >= 11 is 0. The van der Waals surface area contributed by atoms with Crippen LogP contribution in [0.15, 0.2) is 34.6 Å². The van der Waals surface area contributed by atoms with E-state index in [4.69, 9.17) is 5.73 Å². The van der Waals surface area contributed by atoms with Crippen LogP contribution in [0.5, 0.6) is 0 Å². The number of Topliss-reactive ketones (excluding diaryl/α,β-unsaturated/α-hetero) is 1. The van der Waals surface area contributed by atoms with Crippen LogP contribution in [-0.2, 0) is 14.6 Å². The summed E-state index contributed by atoms with van der Waals surface area (Å²) in [6.07, 6.45) is 14.1. The smallest absolute Gasteiger partial charge is 0.148 e. The van der Waals surface area contributed by atoms with Crippen LogP contribution in [-0.4, -0.2) is 63.3 Å². The van der Waals surface area contributed by atoms with Crippen molar-refractivity contribution < 1.29 is 13.2 Å². The van der Waals surface area contributed by atoms with Gasteiger partial charge in [-0.1, -0.05) is 17.7 Å². The molecule has 0 saturated heterocycles. The van der Waals surface area contributed by atoms with Crippen LogP contribution >= 0.6 is 0 Å². The van der Waals surface area contributed by atoms with Gasteiger partial charge in [0.2, 0.25) is 0 Å². The number of sulfone groups is 1. The molecule has 0 spiro atoms. The highest BCUT2D eigenvalue weighted by Crippen LogP contribution is 2.27. The molecular formula is C24H41N3O3S.